The molecule has 3 aliphatic carbocycles. The largest absolute Gasteiger partial charge is 0.501 e. The Morgan fingerprint density at radius 1 is 1.11 bits per heavy atom. The lowest BCUT2D eigenvalue weighted by atomic mass is 9.82. The number of sulfone groups is 1. The molecule has 0 bridgehead atoms. The van der Waals surface area contributed by atoms with Gasteiger partial charge in [0.2, 0.25) is 0 Å². The van der Waals surface area contributed by atoms with Crippen LogP contribution in [0, 0.1) is 29.1 Å². The van der Waals surface area contributed by atoms with Crippen LogP contribution in [0.3, 0.4) is 0 Å². The minimum atomic E-state index is -5.48. The van der Waals surface area contributed by atoms with E-state index in [4.69, 9.17) is 5.73 Å². The summed E-state index contributed by atoms with van der Waals surface area (Å²) in [5.74, 6) is 0.474. The number of hydrogen-bond donors (Lipinski definition) is 3. The minimum Gasteiger partial charge on any atom is -0.365 e. The summed E-state index contributed by atoms with van der Waals surface area (Å²) in [5.41, 5.74) is 0.396. The number of benzene rings is 1. The number of alkyl halides is 3. The lowest BCUT2D eigenvalue weighted by molar-refractivity contribution is -0.0436. The molecule has 0 aliphatic heterocycles. The quantitative estimate of drug-likeness (QED) is 0.428. The van der Waals surface area contributed by atoms with Gasteiger partial charge in [0.25, 0.3) is 15.7 Å². The summed E-state index contributed by atoms with van der Waals surface area (Å²) < 4.78 is 63.2. The van der Waals surface area contributed by atoms with Crippen molar-refractivity contribution in [3.63, 3.8) is 0 Å². The number of rotatable bonds is 9. The van der Waals surface area contributed by atoms with Gasteiger partial charge in [0.1, 0.15) is 5.56 Å². The summed E-state index contributed by atoms with van der Waals surface area (Å²) in [7, 11) is -5.48. The predicted molar refractivity (Wildman–Crippen MR) is 132 cm³/mol. The van der Waals surface area contributed by atoms with E-state index in [9.17, 15) is 31.6 Å². The molecule has 1 aromatic carbocycles. The summed E-state index contributed by atoms with van der Waals surface area (Å²) in [6, 6.07) is 6.85. The highest BCUT2D eigenvalue weighted by molar-refractivity contribution is 7.92. The lowest BCUT2D eigenvalue weighted by Crippen LogP contribution is -2.45. The molecule has 1 amide bonds. The number of amides is 1. The Bertz CT molecular complexity index is 1330. The van der Waals surface area contributed by atoms with Crippen molar-refractivity contribution in [2.75, 3.05) is 5.32 Å². The number of nitrogens with zero attached hydrogens (tertiary/aromatic N) is 3. The second-order valence-electron chi connectivity index (χ2n) is 10.5. The first-order valence-corrected chi connectivity index (χ1v) is 14.2. The fourth-order valence-corrected chi connectivity index (χ4v) is 6.18. The molecule has 1 aromatic heterocycles. The molecule has 3 aliphatic rings. The van der Waals surface area contributed by atoms with Gasteiger partial charge >= 0.3 is 5.51 Å². The number of primary amides is 1. The maximum absolute atomic E-state index is 12.8. The number of nitriles is 1. The van der Waals surface area contributed by atoms with Gasteiger partial charge in [-0.15, -0.1) is 0 Å². The first-order valence-electron chi connectivity index (χ1n) is 12.7. The van der Waals surface area contributed by atoms with E-state index in [0.29, 0.717) is 18.9 Å². The van der Waals surface area contributed by atoms with Crippen molar-refractivity contribution < 1.29 is 26.4 Å². The van der Waals surface area contributed by atoms with Crippen molar-refractivity contribution in [2.24, 2.45) is 23.5 Å². The Balaban J connectivity index is 1.30. The molecule has 1 heterocycles. The Labute approximate surface area is 218 Å². The van der Waals surface area contributed by atoms with Gasteiger partial charge < -0.3 is 16.4 Å². The molecule has 3 saturated carbocycles. The Morgan fingerprint density at radius 3 is 2.26 bits per heavy atom. The second kappa shape index (κ2) is 9.89. The Hall–Kier alpha value is -3.11. The third kappa shape index (κ3) is 5.37. The van der Waals surface area contributed by atoms with E-state index in [1.54, 1.807) is 4.68 Å². The normalized spacial score (nSPS) is 24.2. The van der Waals surface area contributed by atoms with Gasteiger partial charge in [0.15, 0.2) is 5.82 Å². The van der Waals surface area contributed by atoms with E-state index in [1.165, 1.54) is 31.9 Å². The topological polar surface area (TPSA) is 143 Å². The lowest BCUT2D eigenvalue weighted by Gasteiger charge is -2.35. The number of halogens is 3. The van der Waals surface area contributed by atoms with Crippen molar-refractivity contribution in [1.29, 1.82) is 5.26 Å². The maximum Gasteiger partial charge on any atom is 0.501 e. The van der Waals surface area contributed by atoms with Gasteiger partial charge in [-0.25, -0.2) is 8.42 Å². The molecule has 4 N–H and O–H groups in total. The first-order chi connectivity index (χ1) is 18.0. The van der Waals surface area contributed by atoms with E-state index in [2.05, 4.69) is 21.8 Å². The van der Waals surface area contributed by atoms with Crippen LogP contribution < -0.4 is 16.4 Å². The molecule has 1 unspecified atom stereocenters. The minimum absolute atomic E-state index is 0.0523. The molecule has 9 nitrogen and oxygen atoms in total. The van der Waals surface area contributed by atoms with Crippen LogP contribution in [0.25, 0.3) is 0 Å². The van der Waals surface area contributed by atoms with Crippen LogP contribution >= 0.6 is 0 Å². The molecule has 2 aromatic rings. The predicted octanol–water partition coefficient (Wildman–Crippen LogP) is 4.03. The molecule has 0 spiro atoms. The van der Waals surface area contributed by atoms with Crippen molar-refractivity contribution in [3.05, 3.63) is 36.0 Å². The average molecular weight is 551 g/mol. The van der Waals surface area contributed by atoms with E-state index >= 15 is 0 Å². The van der Waals surface area contributed by atoms with Crippen LogP contribution in [0.4, 0.5) is 24.7 Å². The van der Waals surface area contributed by atoms with Crippen LogP contribution in [0.15, 0.2) is 35.4 Å². The number of aromatic nitrogens is 2. The van der Waals surface area contributed by atoms with Crippen molar-refractivity contribution in [3.8, 4) is 6.07 Å². The van der Waals surface area contributed by atoms with Crippen molar-refractivity contribution >= 4 is 27.2 Å². The van der Waals surface area contributed by atoms with Crippen LogP contribution in [-0.4, -0.2) is 41.7 Å². The highest BCUT2D eigenvalue weighted by Gasteiger charge is 2.47. The standard InChI is InChI=1S/C25H29F3N6O3S/c26-25(27,28)38(36,37)19-8-5-17(6-9-19)32-24-20(23(30)35)13-34(33-24)21-10-7-18(11-16(21)12-29)31-22(14-1-2-14)15-3-4-15/h5-6,8-9,13-16,18,21-22,31H,1-4,7,10-11H2,(H2,30,35)(H,32,33)/t16-,18?,21+/m1/s1. The average Bonchev–Trinajstić information content (AvgIpc) is 3.80. The van der Waals surface area contributed by atoms with Gasteiger partial charge in [0.05, 0.1) is 22.9 Å². The van der Waals surface area contributed by atoms with E-state index in [-0.39, 0.29) is 35.1 Å². The fraction of sp³-hybridized carbons (Fsp3) is 0.560. The van der Waals surface area contributed by atoms with Gasteiger partial charge in [-0.3, -0.25) is 9.48 Å². The van der Waals surface area contributed by atoms with E-state index in [1.807, 2.05) is 0 Å². The summed E-state index contributed by atoms with van der Waals surface area (Å²) >= 11 is 0. The number of nitrogens with one attached hydrogen (secondary N) is 2. The smallest absolute Gasteiger partial charge is 0.365 e. The SMILES string of the molecule is N#C[C@H]1CC(NC(C2CC2)C2CC2)CC[C@@H]1n1cc(C(N)=O)c(Nc2ccc(S(=O)(=O)C(F)(F)F)cc2)n1. The number of anilines is 2. The number of nitrogens with two attached hydrogens (primary N) is 1. The van der Waals surface area contributed by atoms with Crippen LogP contribution in [-0.2, 0) is 9.84 Å². The van der Waals surface area contributed by atoms with Crippen molar-refractivity contribution in [1.82, 2.24) is 15.1 Å². The second-order valence-corrected chi connectivity index (χ2v) is 12.5. The highest BCUT2D eigenvalue weighted by Crippen LogP contribution is 2.45. The molecule has 38 heavy (non-hydrogen) atoms. The molecule has 204 valence electrons. The highest BCUT2D eigenvalue weighted by atomic mass is 32.2. The Kier molecular flexibility index (Phi) is 6.89. The number of carbonyl (C=O) groups is 1. The molecule has 0 radical (unpaired) electrons. The van der Waals surface area contributed by atoms with Crippen molar-refractivity contribution in [2.45, 2.75) is 73.5 Å². The zero-order valence-corrected chi connectivity index (χ0v) is 21.3. The zero-order valence-electron chi connectivity index (χ0n) is 20.5. The van der Waals surface area contributed by atoms with Crippen LogP contribution in [0.1, 0.15) is 61.3 Å². The van der Waals surface area contributed by atoms with Crippen LogP contribution in [0.5, 0.6) is 0 Å². The summed E-state index contributed by atoms with van der Waals surface area (Å²) in [5, 5.41) is 21.0. The van der Waals surface area contributed by atoms with Crippen LogP contribution in [0.2, 0.25) is 0 Å². The molecular weight excluding hydrogens is 521 g/mol. The fourth-order valence-electron chi connectivity index (χ4n) is 5.42. The summed E-state index contributed by atoms with van der Waals surface area (Å²) in [6.45, 7) is 0. The molecular formula is C25H29F3N6O3S. The van der Waals surface area contributed by atoms with Gasteiger partial charge in [0, 0.05) is 24.0 Å². The monoisotopic (exact) mass is 550 g/mol. The number of hydrogen-bond acceptors (Lipinski definition) is 7. The molecule has 0 saturated heterocycles. The first kappa shape index (κ1) is 26.5. The van der Waals surface area contributed by atoms with E-state index < -0.39 is 26.1 Å². The molecule has 3 fully saturated rings. The van der Waals surface area contributed by atoms with E-state index in [0.717, 1.165) is 42.5 Å². The zero-order chi connectivity index (χ0) is 27.2. The molecule has 13 heteroatoms. The van der Waals surface area contributed by atoms with Gasteiger partial charge in [-0.1, -0.05) is 0 Å². The number of carbonyl (C=O) groups excluding carboxylic acids is 1. The molecule has 5 rings (SSSR count). The molecule has 3 atom stereocenters. The summed E-state index contributed by atoms with van der Waals surface area (Å²) in [6.07, 6.45) is 8.77. The Morgan fingerprint density at radius 2 is 1.74 bits per heavy atom. The van der Waals surface area contributed by atoms with Gasteiger partial charge in [-0.2, -0.15) is 23.5 Å². The van der Waals surface area contributed by atoms with Gasteiger partial charge in [-0.05, 0) is 81.0 Å². The third-order valence-corrected chi connectivity index (χ3v) is 9.24. The third-order valence-electron chi connectivity index (χ3n) is 7.74. The summed E-state index contributed by atoms with van der Waals surface area (Å²) in [4.78, 5) is 11.2. The maximum atomic E-state index is 12.8.